The minimum atomic E-state index is -3.43. The SMILES string of the molecule is O=C(NC1C=CS(=O)(=O)C1)c1cc(F)c(F)cc1[N+](=O)[O-]. The quantitative estimate of drug-likeness (QED) is 0.658. The summed E-state index contributed by atoms with van der Waals surface area (Å²) < 4.78 is 48.5. The molecule has 1 heterocycles. The highest BCUT2D eigenvalue weighted by Crippen LogP contribution is 2.22. The maximum atomic E-state index is 13.1. The standard InChI is InChI=1S/C11H8F2N2O5S/c12-8-3-7(10(15(17)18)4-9(8)13)11(16)14-6-1-2-21(19,20)5-6/h1-4,6H,5H2,(H,14,16). The number of sulfone groups is 1. The zero-order valence-electron chi connectivity index (χ0n) is 10.2. The lowest BCUT2D eigenvalue weighted by Gasteiger charge is -2.10. The number of nitro benzene ring substituents is 1. The Morgan fingerprint density at radius 2 is 1.95 bits per heavy atom. The second-order valence-corrected chi connectivity index (χ2v) is 6.21. The third kappa shape index (κ3) is 3.21. The molecule has 0 aromatic heterocycles. The minimum absolute atomic E-state index is 0.297. The van der Waals surface area contributed by atoms with E-state index in [2.05, 4.69) is 5.32 Å². The lowest BCUT2D eigenvalue weighted by molar-refractivity contribution is -0.385. The van der Waals surface area contributed by atoms with E-state index >= 15 is 0 Å². The van der Waals surface area contributed by atoms with Gasteiger partial charge in [0, 0.05) is 5.41 Å². The van der Waals surface area contributed by atoms with E-state index in [1.165, 1.54) is 6.08 Å². The first-order valence-corrected chi connectivity index (χ1v) is 7.26. The maximum absolute atomic E-state index is 13.1. The Morgan fingerprint density at radius 1 is 1.33 bits per heavy atom. The number of rotatable bonds is 3. The van der Waals surface area contributed by atoms with Gasteiger partial charge >= 0.3 is 0 Å². The van der Waals surface area contributed by atoms with Crippen LogP contribution in [-0.4, -0.2) is 31.0 Å². The summed E-state index contributed by atoms with van der Waals surface area (Å²) in [4.78, 5) is 21.6. The number of carbonyl (C=O) groups excluding carboxylic acids is 1. The first kappa shape index (κ1) is 15.0. The molecule has 1 unspecified atom stereocenters. The van der Waals surface area contributed by atoms with Crippen molar-refractivity contribution < 1.29 is 26.9 Å². The molecule has 1 atom stereocenters. The third-order valence-corrected chi connectivity index (χ3v) is 4.12. The molecule has 1 amide bonds. The van der Waals surface area contributed by atoms with Crippen molar-refractivity contribution >= 4 is 21.4 Å². The van der Waals surface area contributed by atoms with Crippen molar-refractivity contribution in [2.45, 2.75) is 6.04 Å². The average molecular weight is 318 g/mol. The van der Waals surface area contributed by atoms with E-state index in [0.717, 1.165) is 5.41 Å². The fraction of sp³-hybridized carbons (Fsp3) is 0.182. The van der Waals surface area contributed by atoms with Gasteiger partial charge < -0.3 is 5.32 Å². The van der Waals surface area contributed by atoms with Gasteiger partial charge in [0.05, 0.1) is 22.8 Å². The summed E-state index contributed by atoms with van der Waals surface area (Å²) in [6, 6.07) is -0.184. The van der Waals surface area contributed by atoms with Gasteiger partial charge in [0.25, 0.3) is 11.6 Å². The Kier molecular flexibility index (Phi) is 3.73. The average Bonchev–Trinajstić information content (AvgIpc) is 2.71. The van der Waals surface area contributed by atoms with E-state index in [0.29, 0.717) is 12.1 Å². The summed E-state index contributed by atoms with van der Waals surface area (Å²) in [5.41, 5.74) is -1.59. The van der Waals surface area contributed by atoms with Gasteiger partial charge in [0.15, 0.2) is 21.5 Å². The first-order valence-electron chi connectivity index (χ1n) is 5.55. The highest BCUT2D eigenvalue weighted by molar-refractivity contribution is 7.94. The summed E-state index contributed by atoms with van der Waals surface area (Å²) >= 11 is 0. The lowest BCUT2D eigenvalue weighted by Crippen LogP contribution is -2.35. The summed E-state index contributed by atoms with van der Waals surface area (Å²) in [6.07, 6.45) is 1.19. The Bertz CT molecular complexity index is 760. The predicted octanol–water partition coefficient (Wildman–Crippen LogP) is 0.914. The molecular formula is C11H8F2N2O5S. The molecule has 0 aliphatic carbocycles. The highest BCUT2D eigenvalue weighted by Gasteiger charge is 2.28. The Morgan fingerprint density at radius 3 is 2.48 bits per heavy atom. The molecule has 2 rings (SSSR count). The largest absolute Gasteiger partial charge is 0.345 e. The zero-order chi connectivity index (χ0) is 15.8. The molecule has 21 heavy (non-hydrogen) atoms. The number of nitrogens with one attached hydrogen (secondary N) is 1. The van der Waals surface area contributed by atoms with Crippen LogP contribution in [-0.2, 0) is 9.84 Å². The number of amides is 1. The normalized spacial score (nSPS) is 19.4. The van der Waals surface area contributed by atoms with Gasteiger partial charge in [-0.15, -0.1) is 0 Å². The van der Waals surface area contributed by atoms with Crippen LogP contribution in [0.4, 0.5) is 14.5 Å². The second-order valence-electron chi connectivity index (χ2n) is 4.28. The van der Waals surface area contributed by atoms with Crippen LogP contribution >= 0.6 is 0 Å². The Labute approximate surface area is 117 Å². The topological polar surface area (TPSA) is 106 Å². The van der Waals surface area contributed by atoms with Crippen molar-refractivity contribution in [1.29, 1.82) is 0 Å². The molecule has 1 aromatic carbocycles. The van der Waals surface area contributed by atoms with Gasteiger partial charge in [-0.05, 0) is 12.1 Å². The number of halogens is 2. The number of carbonyl (C=O) groups is 1. The van der Waals surface area contributed by atoms with Crippen molar-refractivity contribution in [3.05, 3.63) is 50.9 Å². The van der Waals surface area contributed by atoms with Crippen molar-refractivity contribution in [1.82, 2.24) is 5.32 Å². The molecule has 112 valence electrons. The van der Waals surface area contributed by atoms with Crippen LogP contribution in [0.25, 0.3) is 0 Å². The Balaban J connectivity index is 2.29. The van der Waals surface area contributed by atoms with Gasteiger partial charge in [-0.2, -0.15) is 0 Å². The molecule has 0 bridgehead atoms. The van der Waals surface area contributed by atoms with Crippen molar-refractivity contribution in [3.63, 3.8) is 0 Å². The fourth-order valence-corrected chi connectivity index (χ4v) is 3.02. The van der Waals surface area contributed by atoms with Gasteiger partial charge in [-0.1, -0.05) is 0 Å². The summed E-state index contributed by atoms with van der Waals surface area (Å²) in [7, 11) is -3.43. The minimum Gasteiger partial charge on any atom is -0.345 e. The fourth-order valence-electron chi connectivity index (χ4n) is 1.78. The monoisotopic (exact) mass is 318 g/mol. The van der Waals surface area contributed by atoms with E-state index in [-0.39, 0.29) is 0 Å². The number of nitro groups is 1. The van der Waals surface area contributed by atoms with Crippen molar-refractivity contribution in [3.8, 4) is 0 Å². The summed E-state index contributed by atoms with van der Waals surface area (Å²) in [5, 5.41) is 13.9. The number of hydrogen-bond acceptors (Lipinski definition) is 5. The van der Waals surface area contributed by atoms with Crippen LogP contribution in [0.15, 0.2) is 23.6 Å². The number of hydrogen-bond donors (Lipinski definition) is 1. The molecule has 1 aromatic rings. The summed E-state index contributed by atoms with van der Waals surface area (Å²) in [5.74, 6) is -4.33. The number of benzene rings is 1. The van der Waals surface area contributed by atoms with Crippen molar-refractivity contribution in [2.75, 3.05) is 5.75 Å². The van der Waals surface area contributed by atoms with Gasteiger partial charge in [0.1, 0.15) is 5.56 Å². The molecule has 0 fully saturated rings. The highest BCUT2D eigenvalue weighted by atomic mass is 32.2. The van der Waals surface area contributed by atoms with Crippen molar-refractivity contribution in [2.24, 2.45) is 0 Å². The predicted molar refractivity (Wildman–Crippen MR) is 67.2 cm³/mol. The number of nitrogens with zero attached hydrogens (tertiary/aromatic N) is 1. The molecule has 0 spiro atoms. The van der Waals surface area contributed by atoms with Gasteiger partial charge in [0.2, 0.25) is 0 Å². The molecular weight excluding hydrogens is 310 g/mol. The third-order valence-electron chi connectivity index (χ3n) is 2.73. The molecule has 1 aliphatic heterocycles. The Hall–Kier alpha value is -2.36. The van der Waals surface area contributed by atoms with Crippen LogP contribution in [0.5, 0.6) is 0 Å². The zero-order valence-corrected chi connectivity index (χ0v) is 11.1. The summed E-state index contributed by atoms with van der Waals surface area (Å²) in [6.45, 7) is 0. The van der Waals surface area contributed by atoms with Gasteiger partial charge in [-0.3, -0.25) is 14.9 Å². The first-order chi connectivity index (χ1) is 9.69. The van der Waals surface area contributed by atoms with Gasteiger partial charge in [-0.25, -0.2) is 17.2 Å². The van der Waals surface area contributed by atoms with Crippen LogP contribution in [0.2, 0.25) is 0 Å². The molecule has 0 radical (unpaired) electrons. The molecule has 10 heteroatoms. The smallest absolute Gasteiger partial charge is 0.285 e. The van der Waals surface area contributed by atoms with Crippen LogP contribution in [0, 0.1) is 21.7 Å². The van der Waals surface area contributed by atoms with E-state index in [4.69, 9.17) is 0 Å². The molecule has 7 nitrogen and oxygen atoms in total. The van der Waals surface area contributed by atoms with Crippen LogP contribution in [0.1, 0.15) is 10.4 Å². The van der Waals surface area contributed by atoms with E-state index in [1.54, 1.807) is 0 Å². The van der Waals surface area contributed by atoms with E-state index in [1.807, 2.05) is 0 Å². The van der Waals surface area contributed by atoms with Crippen LogP contribution < -0.4 is 5.32 Å². The molecule has 1 N–H and O–H groups in total. The van der Waals surface area contributed by atoms with E-state index < -0.39 is 55.3 Å². The molecule has 0 saturated heterocycles. The maximum Gasteiger partial charge on any atom is 0.285 e. The second kappa shape index (κ2) is 5.20. The lowest BCUT2D eigenvalue weighted by atomic mass is 10.1. The van der Waals surface area contributed by atoms with E-state index in [9.17, 15) is 32.1 Å². The molecule has 1 aliphatic rings. The molecule has 0 saturated carbocycles. The van der Waals surface area contributed by atoms with Crippen LogP contribution in [0.3, 0.4) is 0 Å².